The van der Waals surface area contributed by atoms with Gasteiger partial charge in [-0.15, -0.1) is 12.6 Å². The van der Waals surface area contributed by atoms with Crippen molar-refractivity contribution in [2.24, 2.45) is 5.92 Å². The summed E-state index contributed by atoms with van der Waals surface area (Å²) >= 11 is 6.23. The van der Waals surface area contributed by atoms with Crippen LogP contribution >= 0.6 is 32.2 Å². The maximum Gasteiger partial charge on any atom is 0.472 e. The van der Waals surface area contributed by atoms with Crippen molar-refractivity contribution in [3.05, 3.63) is 12.2 Å². The van der Waals surface area contributed by atoms with E-state index in [-0.39, 0.29) is 49.5 Å². The molecule has 0 spiro atoms. The Bertz CT molecular complexity index is 1400. The molecule has 6 N–H and O–H groups in total. The molecule has 7 amide bonds. The third kappa shape index (κ3) is 14.6. The average molecular weight is 821 g/mol. The van der Waals surface area contributed by atoms with Gasteiger partial charge in [0, 0.05) is 43.5 Å². The monoisotopic (exact) mass is 820 g/mol. The lowest BCUT2D eigenvalue weighted by Crippen LogP contribution is -2.57. The number of amides is 7. The predicted octanol–water partition coefficient (Wildman–Crippen LogP) is 2.94. The molecular weight excluding hydrogens is 764 g/mol. The molecule has 4 aliphatic rings. The number of thioether (sulfide) groups is 1. The molecule has 4 aliphatic heterocycles. The highest BCUT2D eigenvalue weighted by Gasteiger charge is 2.47. The Labute approximate surface area is 326 Å². The van der Waals surface area contributed by atoms with Crippen molar-refractivity contribution in [3.63, 3.8) is 0 Å². The van der Waals surface area contributed by atoms with Crippen LogP contribution in [-0.4, -0.2) is 118 Å². The lowest BCUT2D eigenvalue weighted by atomic mass is 10.0. The molecule has 4 rings (SSSR count). The third-order valence-electron chi connectivity index (χ3n) is 9.25. The van der Waals surface area contributed by atoms with E-state index in [1.54, 1.807) is 27.7 Å². The van der Waals surface area contributed by atoms with E-state index >= 15 is 0 Å². The first-order chi connectivity index (χ1) is 25.5. The summed E-state index contributed by atoms with van der Waals surface area (Å²) in [5.41, 5.74) is 0. The van der Waals surface area contributed by atoms with Crippen LogP contribution in [0.5, 0.6) is 0 Å². The predicted molar refractivity (Wildman–Crippen MR) is 205 cm³/mol. The van der Waals surface area contributed by atoms with Crippen LogP contribution in [0.2, 0.25) is 0 Å². The van der Waals surface area contributed by atoms with Gasteiger partial charge in [0.15, 0.2) is 0 Å². The number of carbonyl (C=O) groups is 5. The molecule has 0 aromatic heterocycles. The molecule has 20 heteroatoms. The van der Waals surface area contributed by atoms with Crippen molar-refractivity contribution in [2.75, 3.05) is 32.0 Å². The summed E-state index contributed by atoms with van der Waals surface area (Å²) in [6, 6.07) is -0.377. The van der Waals surface area contributed by atoms with Crippen molar-refractivity contribution in [1.29, 1.82) is 0 Å². The third-order valence-corrected chi connectivity index (χ3v) is 12.1. The molecule has 0 bridgehead atoms. The van der Waals surface area contributed by atoms with Gasteiger partial charge in [0.05, 0.1) is 30.7 Å². The number of unbranched alkanes of at least 4 members (excludes halogenated alkanes) is 4. The Morgan fingerprint density at radius 2 is 1.83 bits per heavy atom. The molecule has 8 unspecified atom stereocenters. The fourth-order valence-corrected chi connectivity index (χ4v) is 9.38. The lowest BCUT2D eigenvalue weighted by Gasteiger charge is -2.34. The minimum absolute atomic E-state index is 0.000418. The second kappa shape index (κ2) is 20.7. The number of nitrogens with one attached hydrogen (secondary N) is 5. The molecule has 4 heterocycles. The Morgan fingerprint density at radius 3 is 2.54 bits per heavy atom. The summed E-state index contributed by atoms with van der Waals surface area (Å²) < 4.78 is 34.8. The molecule has 0 radical (unpaired) electrons. The van der Waals surface area contributed by atoms with Crippen LogP contribution in [0.4, 0.5) is 9.59 Å². The minimum Gasteiger partial charge on any atom is -0.362 e. The Kier molecular flexibility index (Phi) is 17.0. The Morgan fingerprint density at radius 1 is 1.11 bits per heavy atom. The van der Waals surface area contributed by atoms with E-state index in [4.69, 9.17) is 18.5 Å². The van der Waals surface area contributed by atoms with Crippen molar-refractivity contribution < 1.29 is 52.0 Å². The highest BCUT2D eigenvalue weighted by atomic mass is 32.2. The molecule has 0 aromatic carbocycles. The summed E-state index contributed by atoms with van der Waals surface area (Å²) in [5, 5.41) is 14.4. The quantitative estimate of drug-likeness (QED) is 0.0209. The number of phosphoric ester groups is 1. The number of nitrogens with zero attached hydrogens (tertiary/aromatic N) is 1. The number of hydrogen-bond acceptors (Lipinski definition) is 12. The van der Waals surface area contributed by atoms with E-state index in [1.807, 2.05) is 11.8 Å². The van der Waals surface area contributed by atoms with Gasteiger partial charge in [-0.2, -0.15) is 11.8 Å². The van der Waals surface area contributed by atoms with Crippen molar-refractivity contribution >= 4 is 62.0 Å². The summed E-state index contributed by atoms with van der Waals surface area (Å²) in [4.78, 5) is 72.4. The summed E-state index contributed by atoms with van der Waals surface area (Å²) in [6.07, 6.45) is 5.94. The number of urea groups is 2. The zero-order chi connectivity index (χ0) is 39.5. The normalized spacial score (nSPS) is 28.2. The van der Waals surface area contributed by atoms with Crippen molar-refractivity contribution in [3.8, 4) is 0 Å². The van der Waals surface area contributed by atoms with Crippen LogP contribution in [-0.2, 0) is 37.5 Å². The van der Waals surface area contributed by atoms with Gasteiger partial charge in [-0.05, 0) is 59.5 Å². The van der Waals surface area contributed by atoms with Gasteiger partial charge in [-0.3, -0.25) is 33.6 Å². The molecule has 4 fully saturated rings. The van der Waals surface area contributed by atoms with Crippen LogP contribution in [0.1, 0.15) is 85.5 Å². The molecule has 4 saturated heterocycles. The first-order valence-electron chi connectivity index (χ1n) is 18.7. The molecule has 8 atom stereocenters. The van der Waals surface area contributed by atoms with Crippen molar-refractivity contribution in [1.82, 2.24) is 31.5 Å². The number of thiol groups is 1. The van der Waals surface area contributed by atoms with E-state index in [0.717, 1.165) is 50.7 Å². The van der Waals surface area contributed by atoms with E-state index in [2.05, 4.69) is 39.2 Å². The fourth-order valence-electron chi connectivity index (χ4n) is 6.61. The zero-order valence-corrected chi connectivity index (χ0v) is 34.1. The number of hydrogen-bond donors (Lipinski definition) is 7. The summed E-state index contributed by atoms with van der Waals surface area (Å²) in [6.45, 7) is 7.50. The highest BCUT2D eigenvalue weighted by molar-refractivity contribution is 8.00. The van der Waals surface area contributed by atoms with E-state index in [9.17, 15) is 33.4 Å². The number of phosphoric acid groups is 1. The second-order valence-corrected chi connectivity index (χ2v) is 18.4. The van der Waals surface area contributed by atoms with Gasteiger partial charge in [0.2, 0.25) is 17.7 Å². The molecule has 0 aromatic rings. The first-order valence-corrected chi connectivity index (χ1v) is 21.7. The number of imide groups is 1. The van der Waals surface area contributed by atoms with Gasteiger partial charge in [-0.1, -0.05) is 25.3 Å². The lowest BCUT2D eigenvalue weighted by molar-refractivity contribution is -0.128. The smallest absolute Gasteiger partial charge is 0.362 e. The van der Waals surface area contributed by atoms with Crippen LogP contribution in [0.25, 0.3) is 0 Å². The van der Waals surface area contributed by atoms with Crippen LogP contribution in [0.15, 0.2) is 12.2 Å². The van der Waals surface area contributed by atoms with Gasteiger partial charge < -0.3 is 35.6 Å². The molecule has 0 saturated carbocycles. The number of rotatable bonds is 22. The molecule has 54 heavy (non-hydrogen) atoms. The van der Waals surface area contributed by atoms with Crippen LogP contribution < -0.4 is 26.6 Å². The van der Waals surface area contributed by atoms with E-state index in [0.29, 0.717) is 24.8 Å². The summed E-state index contributed by atoms with van der Waals surface area (Å²) in [5.74, 6) is -0.815. The maximum absolute atomic E-state index is 12.8. The fraction of sp³-hybridized carbons (Fsp3) is 0.794. The molecule has 0 aliphatic carbocycles. The molecule has 17 nitrogen and oxygen atoms in total. The second-order valence-electron chi connectivity index (χ2n) is 14.7. The number of ether oxygens (including phenoxy) is 2. The standard InChI is InChI=1S/C34H57N6O11PS2/c1-21(2)50-52(46,47)51-24-17-29(49-25(24)19-48-34(3,4)53)40-18-22(31(43)39-33(40)45)13-14-28(42)36-16-10-6-5-9-15-35-27(41)12-8-7-11-26-30-23(20-54-26)37-32(44)38-30/h13-14,21-26,29-30,53H,5-12,15-20H2,1-4H3,(H,35,41)(H,36,42)(H,46,47)(H2,37,38,44)(H,39,43,45)/b14-13+. The molecular formula is C34H57N6O11PS2. The van der Waals surface area contributed by atoms with E-state index in [1.165, 1.54) is 17.1 Å². The Balaban J connectivity index is 1.10. The minimum atomic E-state index is -4.47. The van der Waals surface area contributed by atoms with Gasteiger partial charge >= 0.3 is 19.9 Å². The Hall–Kier alpha value is -2.38. The number of carbonyl (C=O) groups excluding carboxylic acids is 5. The number of fused-ring (bicyclic) bond motifs is 1. The average Bonchev–Trinajstić information content (AvgIpc) is 3.75. The SMILES string of the molecule is CC(C)OP(=O)(O)OC1CC(N2CC(/C=C/C(=O)NCCCCCCNC(=O)CCCCC3SCC4NC(=O)NC43)C(=O)NC2=O)OC1COC(C)(C)S. The summed E-state index contributed by atoms with van der Waals surface area (Å²) in [7, 11) is -4.47. The topological polar surface area (TPSA) is 223 Å². The van der Waals surface area contributed by atoms with Crippen molar-refractivity contribution in [2.45, 2.75) is 132 Å². The zero-order valence-electron chi connectivity index (χ0n) is 31.5. The first kappa shape index (κ1) is 44.3. The largest absolute Gasteiger partial charge is 0.472 e. The highest BCUT2D eigenvalue weighted by Crippen LogP contribution is 2.48. The van der Waals surface area contributed by atoms with Crippen LogP contribution in [0.3, 0.4) is 0 Å². The van der Waals surface area contributed by atoms with Gasteiger partial charge in [0.1, 0.15) is 23.4 Å². The van der Waals surface area contributed by atoms with Crippen LogP contribution in [0, 0.1) is 5.92 Å². The molecule has 306 valence electrons. The maximum atomic E-state index is 12.8. The van der Waals surface area contributed by atoms with E-state index < -0.39 is 55.2 Å². The van der Waals surface area contributed by atoms with Gasteiger partial charge in [0.25, 0.3) is 0 Å². The van der Waals surface area contributed by atoms with Gasteiger partial charge in [-0.25, -0.2) is 14.2 Å².